The topological polar surface area (TPSA) is 61.9 Å². The highest BCUT2D eigenvalue weighted by molar-refractivity contribution is 5.83. The summed E-state index contributed by atoms with van der Waals surface area (Å²) in [5.74, 6) is 0.203. The Morgan fingerprint density at radius 3 is 2.50 bits per heavy atom. The molecular formula is C18H31N3O3. The zero-order valence-electron chi connectivity index (χ0n) is 14.9. The third kappa shape index (κ3) is 3.53. The highest BCUT2D eigenvalue weighted by atomic mass is 16.5. The van der Waals surface area contributed by atoms with Crippen LogP contribution in [0.15, 0.2) is 0 Å². The Kier molecular flexibility index (Phi) is 5.64. The van der Waals surface area contributed by atoms with Crippen LogP contribution in [0.5, 0.6) is 0 Å². The molecule has 1 N–H and O–H groups in total. The van der Waals surface area contributed by atoms with Crippen molar-refractivity contribution in [3.8, 4) is 0 Å². The summed E-state index contributed by atoms with van der Waals surface area (Å²) < 4.78 is 5.55. The normalized spacial score (nSPS) is 26.6. The SMILES string of the molecule is CCCNC(=O)N1CC(C(=O)N2CCCCC2)C2(CCOCC2)C1. The summed E-state index contributed by atoms with van der Waals surface area (Å²) >= 11 is 0. The Balaban J connectivity index is 1.73. The van der Waals surface area contributed by atoms with E-state index in [1.54, 1.807) is 0 Å². The van der Waals surface area contributed by atoms with Crippen LogP contribution < -0.4 is 5.32 Å². The molecule has 3 fully saturated rings. The predicted octanol–water partition coefficient (Wildman–Crippen LogP) is 1.85. The first-order valence-corrected chi connectivity index (χ1v) is 9.55. The van der Waals surface area contributed by atoms with Gasteiger partial charge in [0, 0.05) is 51.4 Å². The maximum absolute atomic E-state index is 13.2. The molecule has 6 heteroatoms. The van der Waals surface area contributed by atoms with Gasteiger partial charge in [-0.25, -0.2) is 4.79 Å². The minimum absolute atomic E-state index is 0.0170. The lowest BCUT2D eigenvalue weighted by Gasteiger charge is -2.39. The second kappa shape index (κ2) is 7.72. The molecule has 0 radical (unpaired) electrons. The van der Waals surface area contributed by atoms with E-state index in [-0.39, 0.29) is 23.3 Å². The van der Waals surface area contributed by atoms with E-state index in [0.717, 1.165) is 45.2 Å². The van der Waals surface area contributed by atoms with Gasteiger partial charge in [-0.05, 0) is 38.5 Å². The van der Waals surface area contributed by atoms with Gasteiger partial charge in [-0.1, -0.05) is 6.92 Å². The number of carbonyl (C=O) groups excluding carboxylic acids is 2. The van der Waals surface area contributed by atoms with E-state index in [4.69, 9.17) is 4.74 Å². The Morgan fingerprint density at radius 1 is 1.12 bits per heavy atom. The average molecular weight is 337 g/mol. The van der Waals surface area contributed by atoms with Crippen molar-refractivity contribution in [2.75, 3.05) is 45.9 Å². The van der Waals surface area contributed by atoms with Crippen molar-refractivity contribution in [1.82, 2.24) is 15.1 Å². The van der Waals surface area contributed by atoms with E-state index in [1.807, 2.05) is 16.7 Å². The molecule has 0 aliphatic carbocycles. The van der Waals surface area contributed by atoms with Crippen LogP contribution in [0, 0.1) is 11.3 Å². The smallest absolute Gasteiger partial charge is 0.317 e. The number of hydrogen-bond donors (Lipinski definition) is 1. The van der Waals surface area contributed by atoms with Crippen molar-refractivity contribution in [2.45, 2.75) is 45.4 Å². The number of rotatable bonds is 3. The fraction of sp³-hybridized carbons (Fsp3) is 0.889. The molecule has 0 saturated carbocycles. The molecule has 1 unspecified atom stereocenters. The first kappa shape index (κ1) is 17.5. The summed E-state index contributed by atoms with van der Waals surface area (Å²) in [6.07, 6.45) is 6.13. The Labute approximate surface area is 144 Å². The molecule has 0 aromatic heterocycles. The molecule has 1 spiro atoms. The molecule has 0 bridgehead atoms. The third-order valence-electron chi connectivity index (χ3n) is 5.92. The van der Waals surface area contributed by atoms with Crippen molar-refractivity contribution >= 4 is 11.9 Å². The van der Waals surface area contributed by atoms with Gasteiger partial charge < -0.3 is 19.9 Å². The molecule has 3 rings (SSSR count). The largest absolute Gasteiger partial charge is 0.381 e. The number of nitrogens with one attached hydrogen (secondary N) is 1. The molecule has 6 nitrogen and oxygen atoms in total. The Morgan fingerprint density at radius 2 is 1.83 bits per heavy atom. The summed E-state index contributed by atoms with van der Waals surface area (Å²) in [6, 6.07) is -0.0170. The zero-order valence-corrected chi connectivity index (χ0v) is 14.9. The van der Waals surface area contributed by atoms with Crippen LogP contribution >= 0.6 is 0 Å². The van der Waals surface area contributed by atoms with Gasteiger partial charge in [0.15, 0.2) is 0 Å². The van der Waals surface area contributed by atoms with Gasteiger partial charge in [0.1, 0.15) is 0 Å². The minimum Gasteiger partial charge on any atom is -0.381 e. The molecule has 1 atom stereocenters. The molecule has 136 valence electrons. The standard InChI is InChI=1S/C18H31N3O3/c1-2-8-19-17(23)21-13-15(16(22)20-9-4-3-5-10-20)18(14-21)6-11-24-12-7-18/h15H,2-14H2,1H3,(H,19,23). The second-order valence-corrected chi connectivity index (χ2v) is 7.53. The van der Waals surface area contributed by atoms with E-state index in [1.165, 1.54) is 6.42 Å². The van der Waals surface area contributed by atoms with Crippen LogP contribution in [0.3, 0.4) is 0 Å². The summed E-state index contributed by atoms with van der Waals surface area (Å²) in [7, 11) is 0. The Bertz CT molecular complexity index is 456. The van der Waals surface area contributed by atoms with Gasteiger partial charge in [-0.15, -0.1) is 0 Å². The number of likely N-dealkylation sites (tertiary alicyclic amines) is 2. The van der Waals surface area contributed by atoms with Gasteiger partial charge in [-0.3, -0.25) is 4.79 Å². The van der Waals surface area contributed by atoms with Gasteiger partial charge >= 0.3 is 6.03 Å². The lowest BCUT2D eigenvalue weighted by atomic mass is 9.71. The van der Waals surface area contributed by atoms with E-state index < -0.39 is 0 Å². The molecule has 3 amide bonds. The van der Waals surface area contributed by atoms with Gasteiger partial charge in [0.25, 0.3) is 0 Å². The molecule has 3 aliphatic heterocycles. The van der Waals surface area contributed by atoms with Crippen molar-refractivity contribution in [3.05, 3.63) is 0 Å². The molecule has 0 aromatic rings. The number of nitrogens with zero attached hydrogens (tertiary/aromatic N) is 2. The fourth-order valence-electron chi connectivity index (χ4n) is 4.43. The van der Waals surface area contributed by atoms with Crippen LogP contribution in [0.2, 0.25) is 0 Å². The predicted molar refractivity (Wildman–Crippen MR) is 91.7 cm³/mol. The number of piperidine rings is 1. The Hall–Kier alpha value is -1.30. The summed E-state index contributed by atoms with van der Waals surface area (Å²) in [4.78, 5) is 29.5. The van der Waals surface area contributed by atoms with Gasteiger partial charge in [0.05, 0.1) is 5.92 Å². The molecule has 3 aliphatic rings. The van der Waals surface area contributed by atoms with Crippen LogP contribution in [-0.2, 0) is 9.53 Å². The van der Waals surface area contributed by atoms with E-state index >= 15 is 0 Å². The third-order valence-corrected chi connectivity index (χ3v) is 5.92. The van der Waals surface area contributed by atoms with Crippen molar-refractivity contribution in [2.24, 2.45) is 11.3 Å². The summed E-state index contributed by atoms with van der Waals surface area (Å²) in [5, 5.41) is 2.97. The number of ether oxygens (including phenoxy) is 1. The first-order valence-electron chi connectivity index (χ1n) is 9.55. The monoisotopic (exact) mass is 337 g/mol. The van der Waals surface area contributed by atoms with Crippen LogP contribution in [-0.4, -0.2) is 67.7 Å². The highest BCUT2D eigenvalue weighted by Crippen LogP contribution is 2.45. The number of amides is 3. The van der Waals surface area contributed by atoms with E-state index in [9.17, 15) is 9.59 Å². The van der Waals surface area contributed by atoms with Crippen molar-refractivity contribution in [1.29, 1.82) is 0 Å². The van der Waals surface area contributed by atoms with Crippen LogP contribution in [0.25, 0.3) is 0 Å². The lowest BCUT2D eigenvalue weighted by molar-refractivity contribution is -0.141. The van der Waals surface area contributed by atoms with Gasteiger partial charge in [-0.2, -0.15) is 0 Å². The maximum atomic E-state index is 13.2. The van der Waals surface area contributed by atoms with Crippen molar-refractivity contribution < 1.29 is 14.3 Å². The number of hydrogen-bond acceptors (Lipinski definition) is 3. The number of urea groups is 1. The number of carbonyl (C=O) groups is 2. The fourth-order valence-corrected chi connectivity index (χ4v) is 4.43. The highest BCUT2D eigenvalue weighted by Gasteiger charge is 2.52. The molecule has 0 aromatic carbocycles. The van der Waals surface area contributed by atoms with E-state index in [2.05, 4.69) is 5.32 Å². The van der Waals surface area contributed by atoms with Crippen LogP contribution in [0.1, 0.15) is 45.4 Å². The zero-order chi connectivity index (χ0) is 17.0. The maximum Gasteiger partial charge on any atom is 0.317 e. The van der Waals surface area contributed by atoms with Crippen LogP contribution in [0.4, 0.5) is 4.79 Å². The lowest BCUT2D eigenvalue weighted by Crippen LogP contribution is -2.47. The van der Waals surface area contributed by atoms with E-state index in [0.29, 0.717) is 32.8 Å². The summed E-state index contributed by atoms with van der Waals surface area (Å²) in [5.41, 5.74) is -0.0870. The first-order chi connectivity index (χ1) is 11.7. The average Bonchev–Trinajstić information content (AvgIpc) is 2.99. The molecular weight excluding hydrogens is 306 g/mol. The molecule has 3 saturated heterocycles. The van der Waals surface area contributed by atoms with Crippen molar-refractivity contribution in [3.63, 3.8) is 0 Å². The summed E-state index contributed by atoms with van der Waals surface area (Å²) in [6.45, 7) is 7.15. The van der Waals surface area contributed by atoms with Gasteiger partial charge in [0.2, 0.25) is 5.91 Å². The second-order valence-electron chi connectivity index (χ2n) is 7.53. The molecule has 24 heavy (non-hydrogen) atoms. The minimum atomic E-state index is -0.0870. The molecule has 3 heterocycles. The quantitative estimate of drug-likeness (QED) is 0.855.